The van der Waals surface area contributed by atoms with Crippen LogP contribution in [0, 0.1) is 0 Å². The molecule has 74 valence electrons. The van der Waals surface area contributed by atoms with Crippen LogP contribution in [-0.4, -0.2) is 32.0 Å². The third kappa shape index (κ3) is 6.57. The van der Waals surface area contributed by atoms with Gasteiger partial charge >= 0.3 is 0 Å². The van der Waals surface area contributed by atoms with Gasteiger partial charge in [-0.25, -0.2) is 0 Å². The Labute approximate surface area is 73.7 Å². The van der Waals surface area contributed by atoms with E-state index in [0.717, 1.165) is 12.8 Å². The fourth-order valence-corrected chi connectivity index (χ4v) is 1.73. The summed E-state index contributed by atoms with van der Waals surface area (Å²) in [7, 11) is -3.50. The van der Waals surface area contributed by atoms with Crippen LogP contribution in [0.1, 0.15) is 26.7 Å². The summed E-state index contributed by atoms with van der Waals surface area (Å²) in [6.07, 6.45) is 0.750. The van der Waals surface area contributed by atoms with Gasteiger partial charge < -0.3 is 5.11 Å². The van der Waals surface area contributed by atoms with Gasteiger partial charge in [-0.1, -0.05) is 13.3 Å². The van der Waals surface area contributed by atoms with Gasteiger partial charge in [0, 0.05) is 0 Å². The van der Waals surface area contributed by atoms with Crippen molar-refractivity contribution in [2.75, 3.05) is 12.4 Å². The average molecular weight is 196 g/mol. The highest BCUT2D eigenvalue weighted by atomic mass is 32.2. The molecule has 12 heavy (non-hydrogen) atoms. The van der Waals surface area contributed by atoms with Crippen LogP contribution in [0.4, 0.5) is 0 Å². The van der Waals surface area contributed by atoms with Crippen molar-refractivity contribution >= 4 is 10.1 Å². The fraction of sp³-hybridized carbons (Fsp3) is 1.00. The summed E-state index contributed by atoms with van der Waals surface area (Å²) in [6, 6.07) is 0. The molecule has 0 heterocycles. The van der Waals surface area contributed by atoms with E-state index in [-0.39, 0.29) is 12.4 Å². The lowest BCUT2D eigenvalue weighted by Gasteiger charge is -2.05. The molecule has 0 aromatic carbocycles. The van der Waals surface area contributed by atoms with Gasteiger partial charge in [-0.3, -0.25) is 4.18 Å². The number of unbranched alkanes of at least 4 members (excludes halogenated alkanes) is 1. The predicted octanol–water partition coefficient (Wildman–Crippen LogP) is 0.514. The summed E-state index contributed by atoms with van der Waals surface area (Å²) in [4.78, 5) is 0. The van der Waals surface area contributed by atoms with Gasteiger partial charge in [0.05, 0.1) is 12.7 Å². The highest BCUT2D eigenvalue weighted by Gasteiger charge is 2.13. The van der Waals surface area contributed by atoms with Crippen LogP contribution in [0.3, 0.4) is 0 Å². The Morgan fingerprint density at radius 2 is 2.08 bits per heavy atom. The zero-order valence-electron chi connectivity index (χ0n) is 7.49. The molecule has 0 saturated heterocycles. The molecule has 0 aliphatic carbocycles. The molecule has 1 N–H and O–H groups in total. The second-order valence-electron chi connectivity index (χ2n) is 2.75. The predicted molar refractivity (Wildman–Crippen MR) is 46.3 cm³/mol. The largest absolute Gasteiger partial charge is 0.392 e. The number of hydrogen-bond donors (Lipinski definition) is 1. The quantitative estimate of drug-likeness (QED) is 0.496. The Morgan fingerprint density at radius 1 is 1.50 bits per heavy atom. The minimum atomic E-state index is -3.50. The van der Waals surface area contributed by atoms with E-state index >= 15 is 0 Å². The third-order valence-electron chi connectivity index (χ3n) is 1.21. The van der Waals surface area contributed by atoms with Crippen molar-refractivity contribution in [1.29, 1.82) is 0 Å². The van der Waals surface area contributed by atoms with Crippen molar-refractivity contribution in [3.05, 3.63) is 0 Å². The first kappa shape index (κ1) is 11.9. The van der Waals surface area contributed by atoms with Crippen LogP contribution in [0.2, 0.25) is 0 Å². The molecule has 0 radical (unpaired) electrons. The summed E-state index contributed by atoms with van der Waals surface area (Å²) in [5.41, 5.74) is 0. The van der Waals surface area contributed by atoms with E-state index in [0.29, 0.717) is 0 Å². The van der Waals surface area contributed by atoms with Gasteiger partial charge in [-0.2, -0.15) is 8.42 Å². The minimum Gasteiger partial charge on any atom is -0.392 e. The molecule has 0 bridgehead atoms. The summed E-state index contributed by atoms with van der Waals surface area (Å²) in [5.74, 6) is -0.323. The minimum absolute atomic E-state index is 0.214. The van der Waals surface area contributed by atoms with Gasteiger partial charge in [0.15, 0.2) is 0 Å². The van der Waals surface area contributed by atoms with Crippen LogP contribution in [0.5, 0.6) is 0 Å². The van der Waals surface area contributed by atoms with Crippen LogP contribution in [0.25, 0.3) is 0 Å². The maximum Gasteiger partial charge on any atom is 0.269 e. The van der Waals surface area contributed by atoms with E-state index in [1.54, 1.807) is 0 Å². The highest BCUT2D eigenvalue weighted by Crippen LogP contribution is 1.99. The van der Waals surface area contributed by atoms with Crippen LogP contribution in [-0.2, 0) is 14.3 Å². The van der Waals surface area contributed by atoms with E-state index in [4.69, 9.17) is 5.11 Å². The van der Waals surface area contributed by atoms with Crippen molar-refractivity contribution in [3.8, 4) is 0 Å². The first-order chi connectivity index (χ1) is 5.48. The Balaban J connectivity index is 3.73. The van der Waals surface area contributed by atoms with Crippen molar-refractivity contribution < 1.29 is 17.7 Å². The molecule has 0 amide bonds. The van der Waals surface area contributed by atoms with E-state index in [1.807, 2.05) is 6.92 Å². The maximum absolute atomic E-state index is 10.9. The number of aliphatic hydroxyl groups excluding tert-OH is 1. The van der Waals surface area contributed by atoms with Crippen molar-refractivity contribution in [1.82, 2.24) is 0 Å². The molecule has 0 fully saturated rings. The maximum atomic E-state index is 10.9. The Hall–Kier alpha value is -0.130. The van der Waals surface area contributed by atoms with Gasteiger partial charge in [0.2, 0.25) is 0 Å². The average Bonchev–Trinajstić information content (AvgIpc) is 1.84. The first-order valence-electron chi connectivity index (χ1n) is 4.03. The SMILES string of the molecule is CCCCOS(=O)(=O)CC(C)O. The highest BCUT2D eigenvalue weighted by molar-refractivity contribution is 7.86. The molecule has 1 atom stereocenters. The van der Waals surface area contributed by atoms with Gasteiger partial charge in [-0.15, -0.1) is 0 Å². The van der Waals surface area contributed by atoms with E-state index < -0.39 is 16.2 Å². The van der Waals surface area contributed by atoms with Gasteiger partial charge in [-0.05, 0) is 13.3 Å². The molecule has 0 saturated carbocycles. The van der Waals surface area contributed by atoms with E-state index in [1.165, 1.54) is 6.92 Å². The normalized spacial score (nSPS) is 14.6. The van der Waals surface area contributed by atoms with Gasteiger partial charge in [0.25, 0.3) is 10.1 Å². The lowest BCUT2D eigenvalue weighted by atomic mass is 10.4. The Morgan fingerprint density at radius 3 is 2.50 bits per heavy atom. The van der Waals surface area contributed by atoms with Crippen molar-refractivity contribution in [2.45, 2.75) is 32.8 Å². The molecule has 0 aromatic rings. The van der Waals surface area contributed by atoms with Gasteiger partial charge in [0.1, 0.15) is 5.75 Å². The standard InChI is InChI=1S/C7H16O4S/c1-3-4-5-11-12(9,10)6-7(2)8/h7-8H,3-6H2,1-2H3. The summed E-state index contributed by atoms with van der Waals surface area (Å²) >= 11 is 0. The summed E-state index contributed by atoms with van der Waals surface area (Å²) in [6.45, 7) is 3.58. The topological polar surface area (TPSA) is 63.6 Å². The molecule has 4 nitrogen and oxygen atoms in total. The second kappa shape index (κ2) is 5.50. The zero-order chi connectivity index (χ0) is 9.61. The molecule has 0 spiro atoms. The molecule has 0 aromatic heterocycles. The fourth-order valence-electron chi connectivity index (χ4n) is 0.674. The molecule has 0 aliphatic rings. The third-order valence-corrected chi connectivity index (χ3v) is 2.62. The lowest BCUT2D eigenvalue weighted by molar-refractivity contribution is 0.210. The Kier molecular flexibility index (Phi) is 5.44. The van der Waals surface area contributed by atoms with Crippen LogP contribution in [0.15, 0.2) is 0 Å². The summed E-state index contributed by atoms with van der Waals surface area (Å²) in [5, 5.41) is 8.79. The van der Waals surface area contributed by atoms with Crippen LogP contribution >= 0.6 is 0 Å². The van der Waals surface area contributed by atoms with Crippen molar-refractivity contribution in [2.24, 2.45) is 0 Å². The molecule has 1 unspecified atom stereocenters. The number of aliphatic hydroxyl groups is 1. The number of hydrogen-bond acceptors (Lipinski definition) is 4. The first-order valence-corrected chi connectivity index (χ1v) is 5.61. The smallest absolute Gasteiger partial charge is 0.269 e. The zero-order valence-corrected chi connectivity index (χ0v) is 8.30. The monoisotopic (exact) mass is 196 g/mol. The van der Waals surface area contributed by atoms with Crippen molar-refractivity contribution in [3.63, 3.8) is 0 Å². The lowest BCUT2D eigenvalue weighted by Crippen LogP contribution is -2.20. The molecule has 0 rings (SSSR count). The second-order valence-corrected chi connectivity index (χ2v) is 4.43. The van der Waals surface area contributed by atoms with E-state index in [2.05, 4.69) is 4.18 Å². The van der Waals surface area contributed by atoms with E-state index in [9.17, 15) is 8.42 Å². The number of rotatable bonds is 6. The summed E-state index contributed by atoms with van der Waals surface area (Å²) < 4.78 is 26.5. The molecular formula is C7H16O4S. The Bertz CT molecular complexity index is 195. The molecular weight excluding hydrogens is 180 g/mol. The molecule has 0 aliphatic heterocycles. The van der Waals surface area contributed by atoms with Crippen LogP contribution < -0.4 is 0 Å². The molecule has 5 heteroatoms.